The minimum absolute atomic E-state index is 0.00354. The number of rotatable bonds is 12. The average molecular weight is 916 g/mol. The number of para-hydroxylation sites is 2. The molecule has 0 spiro atoms. The van der Waals surface area contributed by atoms with Crippen LogP contribution >= 0.6 is 11.6 Å². The Morgan fingerprint density at radius 2 is 1.77 bits per heavy atom. The number of imide groups is 1. The number of hydrazine groups is 1. The van der Waals surface area contributed by atoms with E-state index < -0.39 is 18.0 Å². The molecule has 5 heterocycles. The lowest BCUT2D eigenvalue weighted by Crippen LogP contribution is -2.62. The van der Waals surface area contributed by atoms with E-state index in [4.69, 9.17) is 26.8 Å². The van der Waals surface area contributed by atoms with Crippen LogP contribution in [0, 0.1) is 11.8 Å². The summed E-state index contributed by atoms with van der Waals surface area (Å²) in [6.45, 7) is 5.90. The molecule has 6 unspecified atom stereocenters. The molecule has 5 aliphatic rings. The zero-order valence-corrected chi connectivity index (χ0v) is 36.9. The first-order chi connectivity index (χ1) is 32.0. The Bertz CT molecular complexity index is 2580. The number of amides is 6. The van der Waals surface area contributed by atoms with Crippen LogP contribution in [-0.2, 0) is 27.5 Å². The number of hydrogen-bond donors (Lipinski definition) is 7. The number of nitrogens with one attached hydrogen (secondary N) is 6. The van der Waals surface area contributed by atoms with Crippen LogP contribution in [0.2, 0.25) is 5.02 Å². The van der Waals surface area contributed by atoms with Crippen LogP contribution in [0.25, 0.3) is 0 Å². The Morgan fingerprint density at radius 1 is 0.970 bits per heavy atom. The summed E-state index contributed by atoms with van der Waals surface area (Å²) in [6.07, 6.45) is 3.99. The van der Waals surface area contributed by atoms with Gasteiger partial charge in [-0.1, -0.05) is 66.7 Å². The first-order valence-electron chi connectivity index (χ1n) is 22.1. The highest BCUT2D eigenvalue weighted by atomic mass is 35.5. The molecule has 66 heavy (non-hydrogen) atoms. The fraction of sp³-hybridized carbons (Fsp3) is 0.333. The molecule has 0 saturated carbocycles. The van der Waals surface area contributed by atoms with Crippen LogP contribution in [0.4, 0.5) is 10.5 Å². The van der Waals surface area contributed by atoms with Gasteiger partial charge in [-0.3, -0.25) is 29.8 Å². The quantitative estimate of drug-likeness (QED) is 0.0611. The van der Waals surface area contributed by atoms with E-state index in [-0.39, 0.29) is 96.8 Å². The Kier molecular flexibility index (Phi) is 13.0. The maximum absolute atomic E-state index is 13.8. The van der Waals surface area contributed by atoms with Crippen LogP contribution < -0.4 is 47.2 Å². The van der Waals surface area contributed by atoms with Crippen LogP contribution in [-0.4, -0.2) is 95.1 Å². The van der Waals surface area contributed by atoms with Gasteiger partial charge in [-0.15, -0.1) is 4.68 Å². The van der Waals surface area contributed by atoms with Crippen molar-refractivity contribution in [3.8, 4) is 17.2 Å². The first kappa shape index (κ1) is 44.4. The summed E-state index contributed by atoms with van der Waals surface area (Å²) < 4.78 is 14.2. The van der Waals surface area contributed by atoms with Crippen molar-refractivity contribution in [2.45, 2.75) is 63.2 Å². The van der Waals surface area contributed by atoms with Crippen LogP contribution in [0.3, 0.4) is 0 Å². The van der Waals surface area contributed by atoms with Gasteiger partial charge in [0.15, 0.2) is 12.0 Å². The van der Waals surface area contributed by atoms with Gasteiger partial charge < -0.3 is 35.6 Å². The van der Waals surface area contributed by atoms with E-state index in [0.717, 1.165) is 41.0 Å². The molecule has 18 heteroatoms. The fourth-order valence-electron chi connectivity index (χ4n) is 9.38. The lowest BCUT2D eigenvalue weighted by Gasteiger charge is -2.32. The second-order valence-corrected chi connectivity index (χ2v) is 17.5. The van der Waals surface area contributed by atoms with Crippen LogP contribution in [0.1, 0.15) is 58.8 Å². The number of piperidine rings is 2. The van der Waals surface area contributed by atoms with Gasteiger partial charge >= 0.3 is 6.03 Å². The summed E-state index contributed by atoms with van der Waals surface area (Å²) in [5.74, 6) is 0.437. The topological polar surface area (TPSA) is 212 Å². The minimum Gasteiger partial charge on any atom is -0.485 e. The molecule has 4 aromatic rings. The highest BCUT2D eigenvalue weighted by Gasteiger charge is 2.52. The van der Waals surface area contributed by atoms with E-state index in [0.29, 0.717) is 31.0 Å². The molecule has 6 amide bonds. The van der Waals surface area contributed by atoms with E-state index in [1.807, 2.05) is 48.5 Å². The number of carbonyl (C=O) groups excluding carboxylic acids is 5. The summed E-state index contributed by atoms with van der Waals surface area (Å²) >= 11 is 6.56. The number of nitrogens with zero attached hydrogens (tertiary/aromatic N) is 3. The molecule has 9 rings (SSSR count). The predicted molar refractivity (Wildman–Crippen MR) is 245 cm³/mol. The van der Waals surface area contributed by atoms with Crippen molar-refractivity contribution in [1.29, 1.82) is 0 Å². The van der Waals surface area contributed by atoms with Gasteiger partial charge in [0, 0.05) is 43.7 Å². The van der Waals surface area contributed by atoms with Crippen molar-refractivity contribution < 1.29 is 38.1 Å². The van der Waals surface area contributed by atoms with Gasteiger partial charge in [-0.05, 0) is 78.4 Å². The van der Waals surface area contributed by atoms with Crippen molar-refractivity contribution in [2.75, 3.05) is 31.7 Å². The number of benzene rings is 4. The molecule has 0 aliphatic carbocycles. The number of likely N-dealkylation sites (tertiary alicyclic amines) is 1. The van der Waals surface area contributed by atoms with Crippen molar-refractivity contribution in [2.24, 2.45) is 17.6 Å². The number of urea groups is 1. The second-order valence-electron chi connectivity index (χ2n) is 17.1. The summed E-state index contributed by atoms with van der Waals surface area (Å²) in [6, 6.07) is 26.6. The molecule has 4 saturated heterocycles. The van der Waals surface area contributed by atoms with E-state index in [1.54, 1.807) is 35.2 Å². The summed E-state index contributed by atoms with van der Waals surface area (Å²) in [5, 5.41) is 15.1. The zero-order chi connectivity index (χ0) is 45.9. The molecule has 4 aromatic carbocycles. The number of hydrogen-bond acceptors (Lipinski definition) is 11. The summed E-state index contributed by atoms with van der Waals surface area (Å²) in [4.78, 5) is 67.4. The highest BCUT2D eigenvalue weighted by molar-refractivity contribution is 6.32. The van der Waals surface area contributed by atoms with Gasteiger partial charge in [-0.25, -0.2) is 10.1 Å². The third kappa shape index (κ3) is 9.60. The number of nitrogens with two attached hydrogens (primary N) is 1. The van der Waals surface area contributed by atoms with Crippen LogP contribution in [0.5, 0.6) is 17.2 Å². The normalized spacial score (nSPS) is 24.2. The molecule has 0 aromatic heterocycles. The lowest BCUT2D eigenvalue weighted by atomic mass is 9.89. The molecule has 8 N–H and O–H groups in total. The fourth-order valence-corrected chi connectivity index (χ4v) is 9.61. The third-order valence-electron chi connectivity index (χ3n) is 12.7. The maximum Gasteiger partial charge on any atom is 0.319 e. The van der Waals surface area contributed by atoms with E-state index in [1.165, 1.54) is 4.90 Å². The van der Waals surface area contributed by atoms with Crippen molar-refractivity contribution in [1.82, 2.24) is 36.5 Å². The third-order valence-corrected chi connectivity index (χ3v) is 13.0. The van der Waals surface area contributed by atoms with Gasteiger partial charge in [0.2, 0.25) is 18.0 Å². The average Bonchev–Trinajstić information content (AvgIpc) is 3.85. The molecule has 5 aliphatic heterocycles. The standard InChI is InChI=1S/C48H51ClN10O7/c1-28(26-65-42-36(49)10-5-11-37(42)54-48(64)51-22-29-12-17-35-32(21-29)25-58(47(35)63)38-18-19-39(60)55-45(38)61)46(62)57-20-6-7-30(23-57)24-59-44-40(43(50)52-27-53-44)41(56-59)31-13-15-34(16-14-31)66-33-8-3-2-4-9-33/h2-5,8-17,21,24,30,38,40-41,43-44,52-53,56H,1,6-7,18-20,22-23,25-27,50H2,(H2-,51,54,55,60,61,64)/p+1/b59-24+. The summed E-state index contributed by atoms with van der Waals surface area (Å²) in [5.41, 5.74) is 13.9. The molecule has 17 nitrogen and oxygen atoms in total. The molecule has 6 atom stereocenters. The van der Waals surface area contributed by atoms with Crippen molar-refractivity contribution in [3.63, 3.8) is 0 Å². The SMILES string of the molecule is C=C(COc1c(Cl)cccc1NC(=O)NCc1ccc2c(c1)CN(C1CCC(=O)NC1=O)C2=O)C(=O)N1CCCC(/C=[N+]2/NC(c3ccc(Oc4ccccc4)cc3)C3C(N)NCNC32)C1. The number of fused-ring (bicyclic) bond motifs is 2. The highest BCUT2D eigenvalue weighted by Crippen LogP contribution is 2.36. The van der Waals surface area contributed by atoms with Gasteiger partial charge in [-0.2, -0.15) is 5.43 Å². The Morgan fingerprint density at radius 3 is 2.58 bits per heavy atom. The van der Waals surface area contributed by atoms with E-state index >= 15 is 0 Å². The van der Waals surface area contributed by atoms with Crippen LogP contribution in [0.15, 0.2) is 103 Å². The minimum atomic E-state index is -0.716. The lowest BCUT2D eigenvalue weighted by molar-refractivity contribution is -0.609. The first-order valence-corrected chi connectivity index (χ1v) is 22.5. The molecule has 0 bridgehead atoms. The molecule has 4 fully saturated rings. The number of carbonyl (C=O) groups is 5. The van der Waals surface area contributed by atoms with Crippen molar-refractivity contribution in [3.05, 3.63) is 130 Å². The molecule has 342 valence electrons. The van der Waals surface area contributed by atoms with Gasteiger partial charge in [0.1, 0.15) is 30.2 Å². The Hall–Kier alpha value is -6.79. The predicted octanol–water partition coefficient (Wildman–Crippen LogP) is 4.11. The summed E-state index contributed by atoms with van der Waals surface area (Å²) in [7, 11) is 0. The molecule has 0 radical (unpaired) electrons. The largest absolute Gasteiger partial charge is 0.485 e. The van der Waals surface area contributed by atoms with E-state index in [9.17, 15) is 24.0 Å². The number of anilines is 1. The number of hydrazone groups is 1. The number of ether oxygens (including phenoxy) is 2. The zero-order valence-electron chi connectivity index (χ0n) is 36.1. The monoisotopic (exact) mass is 915 g/mol. The maximum atomic E-state index is 13.8. The van der Waals surface area contributed by atoms with E-state index in [2.05, 4.69) is 61.6 Å². The second kappa shape index (κ2) is 19.4. The van der Waals surface area contributed by atoms with Gasteiger partial charge in [0.05, 0.1) is 35.4 Å². The molecular weight excluding hydrogens is 864 g/mol. The Labute approximate surface area is 386 Å². The molecular formula is C48H52ClN10O7+. The smallest absolute Gasteiger partial charge is 0.319 e. The van der Waals surface area contributed by atoms with Gasteiger partial charge in [0.25, 0.3) is 11.8 Å². The number of halogens is 1. The van der Waals surface area contributed by atoms with Crippen molar-refractivity contribution >= 4 is 53.2 Å². The Balaban J connectivity index is 0.784.